The second-order valence-corrected chi connectivity index (χ2v) is 24.5. The van der Waals surface area contributed by atoms with E-state index in [4.69, 9.17) is 0 Å². The van der Waals surface area contributed by atoms with E-state index in [2.05, 4.69) is 318 Å². The van der Waals surface area contributed by atoms with E-state index in [0.717, 1.165) is 34.1 Å². The largest absolute Gasteiger partial charge is 0.310 e. The summed E-state index contributed by atoms with van der Waals surface area (Å²) in [6, 6.07) is 102. The lowest BCUT2D eigenvalue weighted by atomic mass is 9.64. The minimum Gasteiger partial charge on any atom is -0.310 e. The van der Waals surface area contributed by atoms with Crippen LogP contribution in [0.15, 0.2) is 267 Å². The molecule has 4 aliphatic rings. The van der Waals surface area contributed by atoms with Crippen LogP contribution in [0, 0.1) is 13.8 Å². The molecule has 83 heavy (non-hydrogen) atoms. The first-order valence-corrected chi connectivity index (χ1v) is 29.4. The van der Waals surface area contributed by atoms with Crippen LogP contribution in [0.4, 0.5) is 34.1 Å². The van der Waals surface area contributed by atoms with Gasteiger partial charge < -0.3 is 9.80 Å². The van der Waals surface area contributed by atoms with Gasteiger partial charge in [-0.05, 0) is 175 Å². The lowest BCUT2D eigenvalue weighted by molar-refractivity contribution is 0.660. The van der Waals surface area contributed by atoms with Crippen molar-refractivity contribution in [1.29, 1.82) is 0 Å². The molecule has 0 heterocycles. The first kappa shape index (κ1) is 49.1. The summed E-state index contributed by atoms with van der Waals surface area (Å²) in [6.07, 6.45) is 0. The Morgan fingerprint density at radius 3 is 1.05 bits per heavy atom. The van der Waals surface area contributed by atoms with Gasteiger partial charge in [-0.3, -0.25) is 0 Å². The van der Waals surface area contributed by atoms with Crippen LogP contribution in [-0.4, -0.2) is 0 Å². The third-order valence-corrected chi connectivity index (χ3v) is 19.2. The number of anilines is 6. The third kappa shape index (κ3) is 6.96. The highest BCUT2D eigenvalue weighted by atomic mass is 15.2. The average molecular weight is 1060 g/mol. The molecule has 0 radical (unpaired) electrons. The molecular formula is C81H62N2. The Morgan fingerprint density at radius 1 is 0.229 bits per heavy atom. The zero-order valence-electron chi connectivity index (χ0n) is 47.8. The molecule has 2 nitrogen and oxygen atoms in total. The summed E-state index contributed by atoms with van der Waals surface area (Å²) in [5.74, 6) is 0. The van der Waals surface area contributed by atoms with Gasteiger partial charge in [0.15, 0.2) is 0 Å². The van der Waals surface area contributed by atoms with Crippen LogP contribution < -0.4 is 9.80 Å². The van der Waals surface area contributed by atoms with Crippen molar-refractivity contribution in [2.45, 2.75) is 57.8 Å². The predicted octanol–water partition coefficient (Wildman–Crippen LogP) is 21.5. The maximum atomic E-state index is 2.54. The molecule has 0 aliphatic heterocycles. The van der Waals surface area contributed by atoms with Gasteiger partial charge in [0.1, 0.15) is 0 Å². The maximum absolute atomic E-state index is 2.54. The number of hydrogen-bond donors (Lipinski definition) is 0. The Labute approximate surface area is 488 Å². The Morgan fingerprint density at radius 2 is 0.554 bits per heavy atom. The highest BCUT2D eigenvalue weighted by molar-refractivity contribution is 6.06. The molecule has 0 saturated carbocycles. The van der Waals surface area contributed by atoms with Crippen molar-refractivity contribution in [3.05, 3.63) is 323 Å². The van der Waals surface area contributed by atoms with Gasteiger partial charge in [-0.1, -0.05) is 245 Å². The van der Waals surface area contributed by atoms with Gasteiger partial charge in [0, 0.05) is 44.7 Å². The van der Waals surface area contributed by atoms with Crippen molar-refractivity contribution in [1.82, 2.24) is 0 Å². The summed E-state index contributed by atoms with van der Waals surface area (Å²) in [5.41, 5.74) is 33.5. The van der Waals surface area contributed by atoms with Gasteiger partial charge in [-0.2, -0.15) is 0 Å². The van der Waals surface area contributed by atoms with E-state index in [1.165, 1.54) is 122 Å². The summed E-state index contributed by atoms with van der Waals surface area (Å²) < 4.78 is 0. The van der Waals surface area contributed by atoms with E-state index >= 15 is 0 Å². The van der Waals surface area contributed by atoms with Crippen molar-refractivity contribution < 1.29 is 0 Å². The number of fused-ring (bicyclic) bond motifs is 20. The fourth-order valence-electron chi connectivity index (χ4n) is 15.4. The van der Waals surface area contributed by atoms with Gasteiger partial charge in [-0.15, -0.1) is 0 Å². The Hall–Kier alpha value is -9.76. The molecule has 0 bridgehead atoms. The molecule has 16 rings (SSSR count). The molecule has 0 aromatic heterocycles. The van der Waals surface area contributed by atoms with Gasteiger partial charge in [0.25, 0.3) is 0 Å². The average Bonchev–Trinajstić information content (AvgIpc) is 3.63. The van der Waals surface area contributed by atoms with Gasteiger partial charge in [0.2, 0.25) is 0 Å². The first-order valence-electron chi connectivity index (χ1n) is 29.4. The lowest BCUT2D eigenvalue weighted by Gasteiger charge is -2.37. The molecule has 1 atom stereocenters. The molecular weight excluding hydrogens is 1000 g/mol. The lowest BCUT2D eigenvalue weighted by Crippen LogP contribution is -2.30. The van der Waals surface area contributed by atoms with E-state index in [1.807, 2.05) is 0 Å². The highest BCUT2D eigenvalue weighted by Crippen LogP contribution is 2.64. The van der Waals surface area contributed by atoms with E-state index in [0.29, 0.717) is 0 Å². The van der Waals surface area contributed by atoms with Crippen LogP contribution in [0.5, 0.6) is 0 Å². The highest BCUT2D eigenvalue weighted by Gasteiger charge is 2.51. The summed E-state index contributed by atoms with van der Waals surface area (Å²) in [4.78, 5) is 5.07. The monoisotopic (exact) mass is 1060 g/mol. The topological polar surface area (TPSA) is 6.48 Å². The van der Waals surface area contributed by atoms with E-state index in [-0.39, 0.29) is 10.8 Å². The zero-order chi connectivity index (χ0) is 55.9. The van der Waals surface area contributed by atoms with E-state index < -0.39 is 5.41 Å². The second-order valence-electron chi connectivity index (χ2n) is 24.5. The number of nitrogens with zero attached hydrogens (tertiary/aromatic N) is 2. The van der Waals surface area contributed by atoms with Crippen LogP contribution in [0.25, 0.3) is 66.8 Å². The molecule has 1 spiro atoms. The molecule has 12 aromatic rings. The molecule has 4 aliphatic carbocycles. The van der Waals surface area contributed by atoms with Gasteiger partial charge >= 0.3 is 0 Å². The van der Waals surface area contributed by atoms with Crippen molar-refractivity contribution in [2.75, 3.05) is 9.80 Å². The van der Waals surface area contributed by atoms with Crippen molar-refractivity contribution >= 4 is 34.1 Å². The predicted molar refractivity (Wildman–Crippen MR) is 348 cm³/mol. The summed E-state index contributed by atoms with van der Waals surface area (Å²) >= 11 is 0. The summed E-state index contributed by atoms with van der Waals surface area (Å²) in [7, 11) is 0. The number of benzene rings is 12. The van der Waals surface area contributed by atoms with Crippen LogP contribution in [0.3, 0.4) is 0 Å². The van der Waals surface area contributed by atoms with Crippen molar-refractivity contribution in [3.8, 4) is 66.8 Å². The third-order valence-electron chi connectivity index (χ3n) is 19.2. The molecule has 1 unspecified atom stereocenters. The molecule has 2 heteroatoms. The van der Waals surface area contributed by atoms with E-state index in [9.17, 15) is 0 Å². The molecule has 0 amide bonds. The standard InChI is InChI=1S/C81H62N2/c1-51-37-41-53(42-38-51)82(55-45-47-62-59-23-9-14-29-67(59)79(3,4)73(62)49-55)75-35-19-28-65-61-25-12-17-32-70(61)81(69-31-16-11-22-58(69)57-21-7-8-26-64(57)77(65)75)71-33-18-13-27-66(71)78-72(81)34-20-36-76(78)83(54-43-39-52(2)40-44-54)56-46-48-63-60-24-10-15-30-68(60)80(5,6)74(63)50-56/h7-50H,1-6H3. The van der Waals surface area contributed by atoms with Crippen molar-refractivity contribution in [3.63, 3.8) is 0 Å². The van der Waals surface area contributed by atoms with Gasteiger partial charge in [0.05, 0.1) is 16.8 Å². The molecule has 0 fully saturated rings. The minimum absolute atomic E-state index is 0.171. The normalized spacial score (nSPS) is 15.6. The Balaban J connectivity index is 0.979. The van der Waals surface area contributed by atoms with Crippen LogP contribution >= 0.6 is 0 Å². The Kier molecular flexibility index (Phi) is 10.7. The number of rotatable bonds is 6. The minimum atomic E-state index is -0.766. The second kappa shape index (κ2) is 18.1. The number of hydrogen-bond acceptors (Lipinski definition) is 2. The van der Waals surface area contributed by atoms with Crippen LogP contribution in [-0.2, 0) is 16.2 Å². The first-order chi connectivity index (χ1) is 40.5. The van der Waals surface area contributed by atoms with Crippen LogP contribution in [0.1, 0.15) is 83.3 Å². The van der Waals surface area contributed by atoms with Crippen molar-refractivity contribution in [2.24, 2.45) is 0 Å². The molecule has 0 saturated heterocycles. The Bertz CT molecular complexity index is 4650. The van der Waals surface area contributed by atoms with Crippen LogP contribution in [0.2, 0.25) is 0 Å². The van der Waals surface area contributed by atoms with E-state index in [1.54, 1.807) is 0 Å². The molecule has 396 valence electrons. The fraction of sp³-hybridized carbons (Fsp3) is 0.111. The smallest absolute Gasteiger partial charge is 0.0726 e. The van der Waals surface area contributed by atoms with Gasteiger partial charge in [-0.25, -0.2) is 0 Å². The quantitative estimate of drug-likeness (QED) is 0.164. The zero-order valence-corrected chi connectivity index (χ0v) is 47.8. The maximum Gasteiger partial charge on any atom is 0.0726 e. The fourth-order valence-corrected chi connectivity index (χ4v) is 15.4. The molecule has 12 aromatic carbocycles. The molecule has 0 N–H and O–H groups in total. The summed E-state index contributed by atoms with van der Waals surface area (Å²) in [6.45, 7) is 13.9. The summed E-state index contributed by atoms with van der Waals surface area (Å²) in [5, 5.41) is 0. The SMILES string of the molecule is Cc1ccc(N(c2ccc3c(c2)C(C)(C)c2ccccc2-3)c2cccc3c2-c2ccccc2-c2ccccc2C2(c4ccccc4-3)c3ccccc3-c3c(N(c4ccc(C)cc4)c4ccc5c(c4)C(C)(C)c4ccccc4-5)cccc32)cc1. The number of aryl methyl sites for hydroxylation is 2.